The number of carbonyl (C=O) groups is 1. The molecule has 0 atom stereocenters. The first-order valence-corrected chi connectivity index (χ1v) is 13.1. The van der Waals surface area contributed by atoms with Crippen molar-refractivity contribution in [3.8, 4) is 34.5 Å². The molecule has 0 N–H and O–H groups in total. The number of aromatic nitrogens is 2. The van der Waals surface area contributed by atoms with Crippen LogP contribution in [0.1, 0.15) is 18.1 Å². The van der Waals surface area contributed by atoms with Crippen molar-refractivity contribution in [3.05, 3.63) is 105 Å². The number of hydrogen-bond acceptors (Lipinski definition) is 6. The van der Waals surface area contributed by atoms with E-state index in [1.165, 1.54) is 6.08 Å². The molecule has 3 aromatic carbocycles. The van der Waals surface area contributed by atoms with Crippen LogP contribution in [0.3, 0.4) is 0 Å². The predicted molar refractivity (Wildman–Crippen MR) is 161 cm³/mol. The number of benzene rings is 3. The number of para-hydroxylation sites is 1. The van der Waals surface area contributed by atoms with Gasteiger partial charge in [-0.1, -0.05) is 48.5 Å². The van der Waals surface area contributed by atoms with Crippen LogP contribution < -0.4 is 0 Å². The number of fused-ring (bicyclic) bond motifs is 2. The molecule has 9 heteroatoms. The van der Waals surface area contributed by atoms with E-state index in [-0.39, 0.29) is 12.2 Å². The molecule has 0 fully saturated rings. The van der Waals surface area contributed by atoms with E-state index in [0.717, 1.165) is 49.8 Å². The van der Waals surface area contributed by atoms with Gasteiger partial charge in [0.05, 0.1) is 17.2 Å². The summed E-state index contributed by atoms with van der Waals surface area (Å²) in [6.07, 6.45) is 4.64. The maximum atomic E-state index is 12.4. The van der Waals surface area contributed by atoms with Crippen LogP contribution in [0.2, 0.25) is 0 Å². The zero-order valence-electron chi connectivity index (χ0n) is 23.2. The summed E-state index contributed by atoms with van der Waals surface area (Å²) in [4.78, 5) is 23.0. The highest BCUT2D eigenvalue weighted by atomic mass is 16.6. The topological polar surface area (TPSA) is 127 Å². The van der Waals surface area contributed by atoms with Gasteiger partial charge in [-0.3, -0.25) is 10.1 Å². The first kappa shape index (κ1) is 27.6. The highest BCUT2D eigenvalue weighted by molar-refractivity contribution is 6.04. The average molecular weight is 556 g/mol. The summed E-state index contributed by atoms with van der Waals surface area (Å²) in [7, 11) is 3.79. The first-order valence-electron chi connectivity index (χ1n) is 13.1. The van der Waals surface area contributed by atoms with Gasteiger partial charge in [-0.2, -0.15) is 10.5 Å². The summed E-state index contributed by atoms with van der Waals surface area (Å²) in [5, 5.41) is 31.8. The van der Waals surface area contributed by atoms with Gasteiger partial charge in [0, 0.05) is 59.3 Å². The molecule has 5 rings (SSSR count). The minimum absolute atomic E-state index is 0.0799. The van der Waals surface area contributed by atoms with Crippen LogP contribution in [0.15, 0.2) is 84.2 Å². The maximum absolute atomic E-state index is 12.4. The first-order chi connectivity index (χ1) is 20.3. The molecule has 0 saturated carbocycles. The third kappa shape index (κ3) is 4.91. The number of carbonyl (C=O) groups excluding carboxylic acids is 1. The van der Waals surface area contributed by atoms with Crippen LogP contribution in [-0.2, 0) is 23.6 Å². The van der Waals surface area contributed by atoms with Crippen LogP contribution in [0.4, 0.5) is 0 Å². The summed E-state index contributed by atoms with van der Waals surface area (Å²) >= 11 is 0. The van der Waals surface area contributed by atoms with Crippen molar-refractivity contribution in [1.29, 1.82) is 10.5 Å². The zero-order valence-corrected chi connectivity index (χ0v) is 23.2. The fourth-order valence-electron chi connectivity index (χ4n) is 5.22. The van der Waals surface area contributed by atoms with E-state index in [4.69, 9.17) is 4.74 Å². The number of nitriles is 2. The summed E-state index contributed by atoms with van der Waals surface area (Å²) in [5.74, 6) is -0.667. The summed E-state index contributed by atoms with van der Waals surface area (Å²) in [6, 6.07) is 25.2. The second-order valence-corrected chi connectivity index (χ2v) is 9.63. The highest BCUT2D eigenvalue weighted by Gasteiger charge is 2.19. The molecule has 0 aliphatic rings. The van der Waals surface area contributed by atoms with E-state index in [2.05, 4.69) is 0 Å². The summed E-state index contributed by atoms with van der Waals surface area (Å²) < 4.78 is 8.98. The molecule has 0 aliphatic carbocycles. The lowest BCUT2D eigenvalue weighted by atomic mass is 9.98. The number of nitrogens with zero attached hydrogens (tertiary/aromatic N) is 5. The van der Waals surface area contributed by atoms with Crippen molar-refractivity contribution in [3.63, 3.8) is 0 Å². The number of ether oxygens (including phenoxy) is 1. The monoisotopic (exact) mass is 555 g/mol. The lowest BCUT2D eigenvalue weighted by molar-refractivity contribution is -0.415. The second-order valence-electron chi connectivity index (χ2n) is 9.63. The number of hydrogen-bond donors (Lipinski definition) is 0. The van der Waals surface area contributed by atoms with Gasteiger partial charge in [0.25, 0.3) is 0 Å². The van der Waals surface area contributed by atoms with Crippen molar-refractivity contribution in [2.24, 2.45) is 14.1 Å². The lowest BCUT2D eigenvalue weighted by Crippen LogP contribution is -2.06. The van der Waals surface area contributed by atoms with Gasteiger partial charge < -0.3 is 13.9 Å². The molecule has 0 unspecified atom stereocenters. The van der Waals surface area contributed by atoms with Crippen molar-refractivity contribution >= 4 is 39.9 Å². The normalized spacial score (nSPS) is 11.8. The van der Waals surface area contributed by atoms with E-state index in [9.17, 15) is 25.4 Å². The molecule has 5 aromatic rings. The Hall–Kier alpha value is -5.93. The van der Waals surface area contributed by atoms with Crippen LogP contribution in [0, 0.1) is 32.8 Å². The molecule has 0 bridgehead atoms. The number of aryl methyl sites for hydroxylation is 2. The van der Waals surface area contributed by atoms with Crippen molar-refractivity contribution in [1.82, 2.24) is 9.13 Å². The maximum Gasteiger partial charge on any atom is 0.348 e. The molecular formula is C33H25N5O4. The Kier molecular flexibility index (Phi) is 7.42. The molecule has 206 valence electrons. The lowest BCUT2D eigenvalue weighted by Gasteiger charge is -2.09. The van der Waals surface area contributed by atoms with Gasteiger partial charge in [-0.05, 0) is 47.9 Å². The van der Waals surface area contributed by atoms with Crippen molar-refractivity contribution in [2.45, 2.75) is 6.92 Å². The van der Waals surface area contributed by atoms with E-state index in [1.807, 2.05) is 96.0 Å². The number of nitro groups is 1. The Morgan fingerprint density at radius 2 is 1.62 bits per heavy atom. The minimum atomic E-state index is -0.690. The smallest absolute Gasteiger partial charge is 0.348 e. The van der Waals surface area contributed by atoms with Crippen LogP contribution in [0.25, 0.3) is 56.3 Å². The van der Waals surface area contributed by atoms with Crippen LogP contribution in [0.5, 0.6) is 0 Å². The Morgan fingerprint density at radius 3 is 2.29 bits per heavy atom. The molecule has 0 aliphatic heterocycles. The van der Waals surface area contributed by atoms with E-state index >= 15 is 0 Å². The Balaban J connectivity index is 1.61. The van der Waals surface area contributed by atoms with Crippen molar-refractivity contribution < 1.29 is 14.5 Å². The molecule has 0 amide bonds. The van der Waals surface area contributed by atoms with E-state index in [0.29, 0.717) is 5.56 Å². The van der Waals surface area contributed by atoms with Gasteiger partial charge in [-0.15, -0.1) is 0 Å². The number of rotatable bonds is 7. The Labute approximate surface area is 241 Å². The van der Waals surface area contributed by atoms with Gasteiger partial charge in [0.15, 0.2) is 6.07 Å². The molecule has 0 spiro atoms. The average Bonchev–Trinajstić information content (AvgIpc) is 3.46. The fraction of sp³-hybridized carbons (Fsp3) is 0.121. The van der Waals surface area contributed by atoms with E-state index < -0.39 is 16.6 Å². The summed E-state index contributed by atoms with van der Waals surface area (Å²) in [5.41, 5.74) is 6.11. The van der Waals surface area contributed by atoms with E-state index in [1.54, 1.807) is 25.3 Å². The van der Waals surface area contributed by atoms with Gasteiger partial charge in [0.2, 0.25) is 0 Å². The third-order valence-electron chi connectivity index (χ3n) is 7.17. The standard InChI is InChI=1S/C33H25N5O4/c1-4-42-33(39)24(18-34)17-29-27-7-5-6-8-31(27)37(3)32(29)22-11-9-21(10-12-22)23-13-14-30-28(16-23)25(20-36(30)2)15-26(19-35)38(40)41/h5-17,20H,4H2,1-3H3/b24-17+,26-15+. The van der Waals surface area contributed by atoms with Crippen LogP contribution >= 0.6 is 0 Å². The quantitative estimate of drug-likeness (QED) is 0.0730. The van der Waals surface area contributed by atoms with Crippen LogP contribution in [-0.4, -0.2) is 26.6 Å². The molecule has 42 heavy (non-hydrogen) atoms. The molecule has 2 heterocycles. The molecule has 2 aromatic heterocycles. The van der Waals surface area contributed by atoms with Crippen molar-refractivity contribution in [2.75, 3.05) is 6.61 Å². The largest absolute Gasteiger partial charge is 0.462 e. The molecule has 0 saturated heterocycles. The molecule has 0 radical (unpaired) electrons. The molecule has 9 nitrogen and oxygen atoms in total. The van der Waals surface area contributed by atoms with Gasteiger partial charge in [0.1, 0.15) is 11.6 Å². The Morgan fingerprint density at radius 1 is 0.929 bits per heavy atom. The third-order valence-corrected chi connectivity index (χ3v) is 7.17. The predicted octanol–water partition coefficient (Wildman–Crippen LogP) is 6.62. The number of esters is 1. The fourth-order valence-corrected chi connectivity index (χ4v) is 5.22. The Bertz CT molecular complexity index is 2030. The second kappa shape index (κ2) is 11.3. The zero-order chi connectivity index (χ0) is 30.0. The highest BCUT2D eigenvalue weighted by Crippen LogP contribution is 2.36. The SMILES string of the molecule is CCOC(=O)/C(C#N)=C/c1c(-c2ccc(-c3ccc4c(c3)c(/C=C(\C#N)[N+](=O)[O-])cn4C)cc2)n(C)c2ccccc12. The summed E-state index contributed by atoms with van der Waals surface area (Å²) in [6.45, 7) is 1.87. The number of allylic oxidation sites excluding steroid dienone is 1. The minimum Gasteiger partial charge on any atom is -0.462 e. The van der Waals surface area contributed by atoms with Gasteiger partial charge in [-0.25, -0.2) is 4.79 Å². The molecular weight excluding hydrogens is 530 g/mol. The van der Waals surface area contributed by atoms with Gasteiger partial charge >= 0.3 is 11.7 Å².